The number of rotatable bonds is 8. The van der Waals surface area contributed by atoms with E-state index in [1.54, 1.807) is 19.1 Å². The van der Waals surface area contributed by atoms with Crippen LogP contribution in [0.15, 0.2) is 102 Å². The van der Waals surface area contributed by atoms with E-state index in [9.17, 15) is 38.2 Å². The van der Waals surface area contributed by atoms with Crippen LogP contribution in [0.5, 0.6) is 5.75 Å². The third-order valence-corrected chi connectivity index (χ3v) is 7.39. The number of aryl methyl sites for hydroxylation is 1. The third-order valence-electron chi connectivity index (χ3n) is 5.66. The summed E-state index contributed by atoms with van der Waals surface area (Å²) in [4.78, 5) is 46.3. The van der Waals surface area contributed by atoms with Gasteiger partial charge in [-0.25, -0.2) is 13.2 Å². The number of carbonyl (C=O) groups excluding carboxylic acids is 2. The zero-order valence-corrected chi connectivity index (χ0v) is 21.5. The molecular formula is C27H19N3O9S. The molecule has 0 spiro atoms. The van der Waals surface area contributed by atoms with Crippen molar-refractivity contribution in [3.8, 4) is 5.75 Å². The Morgan fingerprint density at radius 3 is 1.65 bits per heavy atom. The molecule has 0 fully saturated rings. The van der Waals surface area contributed by atoms with Gasteiger partial charge in [-0.05, 0) is 67.6 Å². The van der Waals surface area contributed by atoms with Crippen molar-refractivity contribution in [2.24, 2.45) is 0 Å². The van der Waals surface area contributed by atoms with Gasteiger partial charge in [-0.2, -0.15) is 4.31 Å². The zero-order valence-electron chi connectivity index (χ0n) is 20.7. The smallest absolute Gasteiger partial charge is 0.343 e. The second kappa shape index (κ2) is 11.1. The Hall–Kier alpha value is -5.43. The van der Waals surface area contributed by atoms with Crippen molar-refractivity contribution in [3.05, 3.63) is 134 Å². The number of anilines is 1. The van der Waals surface area contributed by atoms with Gasteiger partial charge in [0.15, 0.2) is 0 Å². The van der Waals surface area contributed by atoms with Crippen molar-refractivity contribution >= 4 is 39.0 Å². The molecule has 4 rings (SSSR count). The lowest BCUT2D eigenvalue weighted by Gasteiger charge is -2.23. The van der Waals surface area contributed by atoms with E-state index in [4.69, 9.17) is 4.74 Å². The summed E-state index contributed by atoms with van der Waals surface area (Å²) >= 11 is 0. The van der Waals surface area contributed by atoms with Crippen LogP contribution in [0.4, 0.5) is 17.1 Å². The SMILES string of the molecule is Cc1ccc(S(=O)(=O)N(C(=O)c2ccc([N+](=O)[O-])cc2)c2ccc(OC(=O)c3ccc([N+](=O)[O-])cc3)cc2)cc1. The van der Waals surface area contributed by atoms with Crippen LogP contribution in [0.25, 0.3) is 0 Å². The van der Waals surface area contributed by atoms with Crippen molar-refractivity contribution < 1.29 is 32.6 Å². The molecule has 0 saturated heterocycles. The van der Waals surface area contributed by atoms with Crippen LogP contribution in [0.3, 0.4) is 0 Å². The van der Waals surface area contributed by atoms with E-state index in [0.29, 0.717) is 4.31 Å². The molecule has 0 atom stereocenters. The molecule has 40 heavy (non-hydrogen) atoms. The van der Waals surface area contributed by atoms with E-state index in [-0.39, 0.29) is 38.8 Å². The molecule has 0 aliphatic rings. The van der Waals surface area contributed by atoms with Gasteiger partial charge in [0, 0.05) is 29.8 Å². The highest BCUT2D eigenvalue weighted by Gasteiger charge is 2.32. The molecule has 0 aromatic heterocycles. The Kier molecular flexibility index (Phi) is 7.68. The molecule has 0 unspecified atom stereocenters. The topological polar surface area (TPSA) is 167 Å². The number of sulfonamides is 1. The van der Waals surface area contributed by atoms with E-state index in [1.807, 2.05) is 0 Å². The third kappa shape index (κ3) is 5.84. The van der Waals surface area contributed by atoms with Crippen molar-refractivity contribution in [3.63, 3.8) is 0 Å². The summed E-state index contributed by atoms with van der Waals surface area (Å²) < 4.78 is 33.1. The molecule has 0 aliphatic carbocycles. The summed E-state index contributed by atoms with van der Waals surface area (Å²) in [5.41, 5.74) is 0.171. The van der Waals surface area contributed by atoms with Crippen LogP contribution >= 0.6 is 0 Å². The number of amides is 1. The maximum absolute atomic E-state index is 13.6. The molecular weight excluding hydrogens is 542 g/mol. The van der Waals surface area contributed by atoms with E-state index < -0.39 is 31.7 Å². The highest BCUT2D eigenvalue weighted by atomic mass is 32.2. The fourth-order valence-corrected chi connectivity index (χ4v) is 4.97. The molecule has 0 aliphatic heterocycles. The van der Waals surface area contributed by atoms with Crippen molar-refractivity contribution in [2.45, 2.75) is 11.8 Å². The monoisotopic (exact) mass is 561 g/mol. The number of nitro groups is 2. The molecule has 0 N–H and O–H groups in total. The number of nitrogens with zero attached hydrogens (tertiary/aromatic N) is 3. The lowest BCUT2D eigenvalue weighted by Crippen LogP contribution is -2.37. The summed E-state index contributed by atoms with van der Waals surface area (Å²) in [6, 6.07) is 20.1. The summed E-state index contributed by atoms with van der Waals surface area (Å²) in [7, 11) is -4.45. The number of non-ortho nitro benzene ring substituents is 2. The first kappa shape index (κ1) is 27.6. The van der Waals surface area contributed by atoms with Crippen LogP contribution in [-0.2, 0) is 10.0 Å². The van der Waals surface area contributed by atoms with Gasteiger partial charge in [-0.1, -0.05) is 17.7 Å². The normalized spacial score (nSPS) is 10.9. The van der Waals surface area contributed by atoms with Crippen LogP contribution in [-0.4, -0.2) is 30.1 Å². The number of esters is 1. The molecule has 0 bridgehead atoms. The summed E-state index contributed by atoms with van der Waals surface area (Å²) in [6.45, 7) is 1.77. The number of nitro benzene ring substituents is 2. The molecule has 1 amide bonds. The van der Waals surface area contributed by atoms with E-state index in [0.717, 1.165) is 42.0 Å². The standard InChI is InChI=1S/C27H19N3O9S/c1-18-2-16-25(17-3-18)40(37,38)28(26(31)19-4-8-22(9-5-19)29(33)34)21-12-14-24(15-13-21)39-27(32)20-6-10-23(11-7-20)30(35)36/h2-17H,1H3. The summed E-state index contributed by atoms with van der Waals surface area (Å²) in [5.74, 6) is -1.76. The Morgan fingerprint density at radius 1 is 0.700 bits per heavy atom. The predicted molar refractivity (Wildman–Crippen MR) is 143 cm³/mol. The summed E-state index contributed by atoms with van der Waals surface area (Å²) in [6.07, 6.45) is 0. The largest absolute Gasteiger partial charge is 0.423 e. The number of hydrogen-bond donors (Lipinski definition) is 0. The minimum Gasteiger partial charge on any atom is -0.423 e. The number of hydrogen-bond acceptors (Lipinski definition) is 9. The van der Waals surface area contributed by atoms with Gasteiger partial charge in [0.05, 0.1) is 26.0 Å². The predicted octanol–water partition coefficient (Wildman–Crippen LogP) is 5.07. The lowest BCUT2D eigenvalue weighted by molar-refractivity contribution is -0.385. The maximum atomic E-state index is 13.6. The molecule has 202 valence electrons. The Balaban J connectivity index is 1.67. The molecule has 4 aromatic rings. The minimum atomic E-state index is -4.45. The zero-order chi connectivity index (χ0) is 29.0. The summed E-state index contributed by atoms with van der Waals surface area (Å²) in [5, 5.41) is 21.8. The molecule has 0 heterocycles. The van der Waals surface area contributed by atoms with Gasteiger partial charge >= 0.3 is 5.97 Å². The average Bonchev–Trinajstić information content (AvgIpc) is 2.94. The van der Waals surface area contributed by atoms with Crippen molar-refractivity contribution in [1.29, 1.82) is 0 Å². The first-order valence-electron chi connectivity index (χ1n) is 11.4. The van der Waals surface area contributed by atoms with Gasteiger partial charge in [-0.15, -0.1) is 0 Å². The van der Waals surface area contributed by atoms with Gasteiger partial charge in [-0.3, -0.25) is 25.0 Å². The average molecular weight is 562 g/mol. The van der Waals surface area contributed by atoms with Gasteiger partial charge in [0.25, 0.3) is 27.3 Å². The Labute approximate surface area is 227 Å². The fourth-order valence-electron chi connectivity index (χ4n) is 3.56. The van der Waals surface area contributed by atoms with Crippen molar-refractivity contribution in [1.82, 2.24) is 0 Å². The van der Waals surface area contributed by atoms with Gasteiger partial charge in [0.2, 0.25) is 0 Å². The first-order valence-corrected chi connectivity index (χ1v) is 12.9. The van der Waals surface area contributed by atoms with Crippen LogP contribution in [0.1, 0.15) is 26.3 Å². The first-order chi connectivity index (χ1) is 19.0. The van der Waals surface area contributed by atoms with Gasteiger partial charge < -0.3 is 4.74 Å². The van der Waals surface area contributed by atoms with Crippen LogP contribution < -0.4 is 9.04 Å². The second-order valence-electron chi connectivity index (χ2n) is 8.38. The minimum absolute atomic E-state index is 0.0163. The van der Waals surface area contributed by atoms with Crippen molar-refractivity contribution in [2.75, 3.05) is 4.31 Å². The fraction of sp³-hybridized carbons (Fsp3) is 0.0370. The molecule has 0 radical (unpaired) electrons. The van der Waals surface area contributed by atoms with E-state index in [1.165, 1.54) is 48.5 Å². The number of benzene rings is 4. The highest BCUT2D eigenvalue weighted by Crippen LogP contribution is 2.29. The highest BCUT2D eigenvalue weighted by molar-refractivity contribution is 7.93. The lowest BCUT2D eigenvalue weighted by atomic mass is 10.2. The second-order valence-corrected chi connectivity index (χ2v) is 10.2. The molecule has 0 saturated carbocycles. The molecule has 13 heteroatoms. The molecule has 4 aromatic carbocycles. The molecule has 12 nitrogen and oxygen atoms in total. The van der Waals surface area contributed by atoms with E-state index in [2.05, 4.69) is 0 Å². The van der Waals surface area contributed by atoms with E-state index >= 15 is 0 Å². The number of ether oxygens (including phenoxy) is 1. The van der Waals surface area contributed by atoms with Gasteiger partial charge in [0.1, 0.15) is 5.75 Å². The Morgan fingerprint density at radius 2 is 1.18 bits per heavy atom. The van der Waals surface area contributed by atoms with Crippen LogP contribution in [0.2, 0.25) is 0 Å². The Bertz CT molecular complexity index is 1700. The number of carbonyl (C=O) groups is 2. The quantitative estimate of drug-likeness (QED) is 0.123. The van der Waals surface area contributed by atoms with Crippen LogP contribution in [0, 0.1) is 27.2 Å². The maximum Gasteiger partial charge on any atom is 0.343 e.